The number of benzene rings is 2. The number of aromatic hydroxyl groups is 1. The maximum absolute atomic E-state index is 13.4. The number of hydrogen-bond acceptors (Lipinski definition) is 7. The van der Waals surface area contributed by atoms with Gasteiger partial charge in [0.15, 0.2) is 6.10 Å². The second-order valence-electron chi connectivity index (χ2n) is 12.9. The zero-order valence-corrected chi connectivity index (χ0v) is 23.9. The van der Waals surface area contributed by atoms with Crippen LogP contribution in [-0.2, 0) is 26.9 Å². The number of ether oxygens (including phenoxy) is 2. The molecule has 0 aromatic heterocycles. The highest BCUT2D eigenvalue weighted by Crippen LogP contribution is 2.40. The van der Waals surface area contributed by atoms with Crippen molar-refractivity contribution in [3.05, 3.63) is 52.6 Å². The van der Waals surface area contributed by atoms with Gasteiger partial charge in [-0.2, -0.15) is 0 Å². The first-order valence-corrected chi connectivity index (χ1v) is 12.8. The monoisotopic (exact) mass is 509 g/mol. The fourth-order valence-corrected chi connectivity index (χ4v) is 4.24. The molecule has 0 radical (unpaired) electrons. The maximum atomic E-state index is 13.4. The molecule has 0 aliphatic carbocycles. The molecule has 0 amide bonds. The minimum absolute atomic E-state index is 0.252. The van der Waals surface area contributed by atoms with Crippen LogP contribution >= 0.6 is 0 Å². The number of carbonyl (C=O) groups is 1. The summed E-state index contributed by atoms with van der Waals surface area (Å²) in [5.74, 6) is 0.948. The van der Waals surface area contributed by atoms with Crippen molar-refractivity contribution in [1.82, 2.24) is 5.32 Å². The van der Waals surface area contributed by atoms with Crippen LogP contribution in [0.3, 0.4) is 0 Å². The Kier molecular flexibility index (Phi) is 7.71. The van der Waals surface area contributed by atoms with E-state index in [9.17, 15) is 9.90 Å². The molecule has 4 N–H and O–H groups in total. The molecule has 2 atom stereocenters. The van der Waals surface area contributed by atoms with Gasteiger partial charge in [0.25, 0.3) is 0 Å². The smallest absolute Gasteiger partial charge is 0.328 e. The Morgan fingerprint density at radius 1 is 1.05 bits per heavy atom. The third-order valence-corrected chi connectivity index (χ3v) is 6.22. The molecule has 2 aromatic carbocycles. The number of aliphatic imine (C=N–C) groups is 1. The average Bonchev–Trinajstić information content (AvgIpc) is 2.72. The van der Waals surface area contributed by atoms with Crippen LogP contribution in [0.5, 0.6) is 11.5 Å². The molecule has 202 valence electrons. The van der Waals surface area contributed by atoms with Crippen LogP contribution in [0.4, 0.5) is 5.69 Å². The second kappa shape index (κ2) is 10.0. The third kappa shape index (κ3) is 6.83. The molecular weight excluding hydrogens is 466 g/mol. The van der Waals surface area contributed by atoms with Gasteiger partial charge in [0.1, 0.15) is 34.7 Å². The number of hydrogen-bond donors (Lipinski definition) is 3. The minimum atomic E-state index is -0.745. The number of nitrogens with zero attached hydrogens (tertiary/aromatic N) is 1. The highest BCUT2D eigenvalue weighted by molar-refractivity contribution is 5.90. The van der Waals surface area contributed by atoms with Crippen molar-refractivity contribution in [3.63, 3.8) is 0 Å². The van der Waals surface area contributed by atoms with E-state index in [1.54, 1.807) is 0 Å². The van der Waals surface area contributed by atoms with Gasteiger partial charge in [-0.25, -0.2) is 9.79 Å². The Balaban J connectivity index is 2.01. The van der Waals surface area contributed by atoms with Gasteiger partial charge in [-0.15, -0.1) is 0 Å². The summed E-state index contributed by atoms with van der Waals surface area (Å²) in [6, 6.07) is 8.75. The van der Waals surface area contributed by atoms with Crippen LogP contribution in [0.15, 0.2) is 35.3 Å². The molecule has 1 heterocycles. The molecule has 1 aliphatic heterocycles. The molecule has 7 heteroatoms. The van der Waals surface area contributed by atoms with Gasteiger partial charge in [0.05, 0.1) is 0 Å². The number of nitrogens with one attached hydrogen (secondary N) is 1. The predicted molar refractivity (Wildman–Crippen MR) is 149 cm³/mol. The Morgan fingerprint density at radius 2 is 1.62 bits per heavy atom. The summed E-state index contributed by atoms with van der Waals surface area (Å²) < 4.78 is 11.6. The first-order valence-electron chi connectivity index (χ1n) is 12.8. The molecule has 2 aromatic rings. The predicted octanol–water partition coefficient (Wildman–Crippen LogP) is 5.93. The fraction of sp³-hybridized carbons (Fsp3) is 0.533. The lowest BCUT2D eigenvalue weighted by Gasteiger charge is -2.29. The molecule has 0 spiro atoms. The van der Waals surface area contributed by atoms with Crippen molar-refractivity contribution >= 4 is 17.5 Å². The maximum Gasteiger partial charge on any atom is 0.328 e. The van der Waals surface area contributed by atoms with Crippen LogP contribution in [0.1, 0.15) is 97.5 Å². The molecule has 0 fully saturated rings. The number of nitrogens with two attached hydrogens (primary N) is 1. The van der Waals surface area contributed by atoms with Gasteiger partial charge in [-0.1, -0.05) is 59.7 Å². The standard InChI is InChI=1S/C30H43N3O4/c1-17-26(31)33-22-15-19(11-12-23(22)36-17)24(27(35)37-30(8,9)10)32-16-18-13-20(28(2,3)4)25(34)21(14-18)29(5,6)7/h11-15,17,24,32,34H,16H2,1-10H3,(H2,31,33). The summed E-state index contributed by atoms with van der Waals surface area (Å²) in [5, 5.41) is 14.5. The Bertz CT molecular complexity index is 1160. The van der Waals surface area contributed by atoms with Crippen LogP contribution in [-0.4, -0.2) is 28.6 Å². The lowest BCUT2D eigenvalue weighted by Crippen LogP contribution is -2.35. The van der Waals surface area contributed by atoms with Gasteiger partial charge >= 0.3 is 5.97 Å². The first kappa shape index (κ1) is 28.5. The molecule has 2 unspecified atom stereocenters. The van der Waals surface area contributed by atoms with Crippen LogP contribution in [0, 0.1) is 0 Å². The van der Waals surface area contributed by atoms with Gasteiger partial charge in [-0.05, 0) is 72.9 Å². The number of carbonyl (C=O) groups excluding carboxylic acids is 1. The molecule has 37 heavy (non-hydrogen) atoms. The highest BCUT2D eigenvalue weighted by atomic mass is 16.6. The lowest BCUT2D eigenvalue weighted by molar-refractivity contribution is -0.157. The summed E-state index contributed by atoms with van der Waals surface area (Å²) in [7, 11) is 0. The quantitative estimate of drug-likeness (QED) is 0.432. The second-order valence-corrected chi connectivity index (χ2v) is 12.9. The molecule has 1 aliphatic rings. The topological polar surface area (TPSA) is 106 Å². The van der Waals surface area contributed by atoms with E-state index in [2.05, 4.69) is 51.9 Å². The Morgan fingerprint density at radius 3 is 2.14 bits per heavy atom. The lowest BCUT2D eigenvalue weighted by atomic mass is 9.78. The number of phenolic OH excluding ortho intramolecular Hbond substituents is 1. The van der Waals surface area contributed by atoms with E-state index >= 15 is 0 Å². The molecular formula is C30H43N3O4. The van der Waals surface area contributed by atoms with Gasteiger partial charge in [0.2, 0.25) is 0 Å². The van der Waals surface area contributed by atoms with Gasteiger partial charge in [0, 0.05) is 6.54 Å². The molecule has 3 rings (SSSR count). The molecule has 0 saturated carbocycles. The summed E-state index contributed by atoms with van der Waals surface area (Å²) >= 11 is 0. The number of fused-ring (bicyclic) bond motifs is 1. The average molecular weight is 510 g/mol. The van der Waals surface area contributed by atoms with Crippen LogP contribution in [0.25, 0.3) is 0 Å². The van der Waals surface area contributed by atoms with Crippen molar-refractivity contribution in [2.45, 2.75) is 104 Å². The van der Waals surface area contributed by atoms with Crippen LogP contribution < -0.4 is 15.8 Å². The zero-order valence-electron chi connectivity index (χ0n) is 23.9. The summed E-state index contributed by atoms with van der Waals surface area (Å²) in [6.07, 6.45) is -0.304. The summed E-state index contributed by atoms with van der Waals surface area (Å²) in [5.41, 5.74) is 8.85. The SMILES string of the molecule is CC1Oc2ccc(C(NCc3cc(C(C)(C)C)c(O)c(C(C)(C)C)c3)C(=O)OC(C)(C)C)cc2N=C1N. The number of phenols is 1. The van der Waals surface area contributed by atoms with Gasteiger partial charge < -0.3 is 20.3 Å². The van der Waals surface area contributed by atoms with Crippen molar-refractivity contribution < 1.29 is 19.4 Å². The highest BCUT2D eigenvalue weighted by Gasteiger charge is 2.30. The molecule has 7 nitrogen and oxygen atoms in total. The Labute approximate surface area is 221 Å². The normalized spacial score (nSPS) is 16.9. The number of rotatable bonds is 5. The molecule has 0 bridgehead atoms. The fourth-order valence-electron chi connectivity index (χ4n) is 4.24. The van der Waals surface area contributed by atoms with Crippen LogP contribution in [0.2, 0.25) is 0 Å². The van der Waals surface area contributed by atoms with Gasteiger partial charge in [-0.3, -0.25) is 5.32 Å². The van der Waals surface area contributed by atoms with E-state index in [1.807, 2.05) is 58.0 Å². The molecule has 0 saturated heterocycles. The van der Waals surface area contributed by atoms with E-state index in [1.165, 1.54) is 0 Å². The first-order chi connectivity index (χ1) is 16.9. The number of esters is 1. The zero-order chi connectivity index (χ0) is 27.9. The summed E-state index contributed by atoms with van der Waals surface area (Å²) in [4.78, 5) is 17.8. The third-order valence-electron chi connectivity index (χ3n) is 6.22. The number of amidine groups is 1. The van der Waals surface area contributed by atoms with E-state index in [-0.39, 0.29) is 22.9 Å². The Hall–Kier alpha value is -3.06. The van der Waals surface area contributed by atoms with E-state index < -0.39 is 11.6 Å². The largest absolute Gasteiger partial charge is 0.507 e. The van der Waals surface area contributed by atoms with E-state index in [0.29, 0.717) is 35.1 Å². The van der Waals surface area contributed by atoms with Crippen molar-refractivity contribution in [1.29, 1.82) is 0 Å². The summed E-state index contributed by atoms with van der Waals surface area (Å²) in [6.45, 7) is 20.3. The minimum Gasteiger partial charge on any atom is -0.507 e. The van der Waals surface area contributed by atoms with E-state index in [0.717, 1.165) is 16.7 Å². The van der Waals surface area contributed by atoms with E-state index in [4.69, 9.17) is 15.2 Å². The van der Waals surface area contributed by atoms with Crippen molar-refractivity contribution in [2.75, 3.05) is 0 Å². The van der Waals surface area contributed by atoms with Crippen molar-refractivity contribution in [2.24, 2.45) is 10.7 Å². The van der Waals surface area contributed by atoms with Crippen molar-refractivity contribution in [3.8, 4) is 11.5 Å².